The third kappa shape index (κ3) is 2.50. The van der Waals surface area contributed by atoms with Gasteiger partial charge in [0.2, 0.25) is 0 Å². The van der Waals surface area contributed by atoms with Gasteiger partial charge in [0.25, 0.3) is 0 Å². The summed E-state index contributed by atoms with van der Waals surface area (Å²) in [6.45, 7) is 4.70. The molecule has 3 nitrogen and oxygen atoms in total. The van der Waals surface area contributed by atoms with Gasteiger partial charge in [-0.3, -0.25) is 0 Å². The van der Waals surface area contributed by atoms with Crippen LogP contribution in [-0.4, -0.2) is 17.7 Å². The van der Waals surface area contributed by atoms with Crippen molar-refractivity contribution in [3.05, 3.63) is 28.8 Å². The summed E-state index contributed by atoms with van der Waals surface area (Å²) in [5.74, 6) is 2.25. The topological polar surface area (TPSA) is 31.4 Å². The molecule has 2 aromatic rings. The first-order valence-corrected chi connectivity index (χ1v) is 8.09. The van der Waals surface area contributed by atoms with E-state index in [1.165, 1.54) is 5.56 Å². The van der Waals surface area contributed by atoms with Crippen LogP contribution in [0.25, 0.3) is 10.6 Å². The Labute approximate surface area is 127 Å². The molecule has 1 atom stereocenters. The van der Waals surface area contributed by atoms with Gasteiger partial charge in [0.1, 0.15) is 22.6 Å². The first-order chi connectivity index (χ1) is 9.71. The van der Waals surface area contributed by atoms with Crippen LogP contribution < -0.4 is 9.47 Å². The fourth-order valence-electron chi connectivity index (χ4n) is 2.37. The Morgan fingerprint density at radius 1 is 1.50 bits per heavy atom. The second-order valence-corrected chi connectivity index (χ2v) is 5.92. The molecule has 3 rings (SSSR count). The van der Waals surface area contributed by atoms with Crippen LogP contribution in [0, 0.1) is 0 Å². The fraction of sp³-hybridized carbons (Fsp3) is 0.400. The van der Waals surface area contributed by atoms with E-state index in [1.807, 2.05) is 18.4 Å². The molecule has 0 saturated carbocycles. The highest BCUT2D eigenvalue weighted by Crippen LogP contribution is 2.41. The van der Waals surface area contributed by atoms with Gasteiger partial charge in [-0.2, -0.15) is 0 Å². The van der Waals surface area contributed by atoms with E-state index in [1.54, 1.807) is 11.3 Å². The van der Waals surface area contributed by atoms with Crippen molar-refractivity contribution in [2.45, 2.75) is 32.3 Å². The Morgan fingerprint density at radius 2 is 2.35 bits per heavy atom. The highest BCUT2D eigenvalue weighted by Gasteiger charge is 2.23. The van der Waals surface area contributed by atoms with Crippen molar-refractivity contribution < 1.29 is 9.47 Å². The van der Waals surface area contributed by atoms with Crippen molar-refractivity contribution in [1.82, 2.24) is 4.98 Å². The van der Waals surface area contributed by atoms with Gasteiger partial charge in [-0.15, -0.1) is 22.9 Å². The third-order valence-electron chi connectivity index (χ3n) is 3.22. The SMILES string of the molecule is CCOc1cc2c(cc1-c1nc(CCl)cs1)OC(C)C2. The van der Waals surface area contributed by atoms with Crippen molar-refractivity contribution in [1.29, 1.82) is 0 Å². The van der Waals surface area contributed by atoms with Crippen LogP contribution in [0.15, 0.2) is 17.5 Å². The number of thiazole rings is 1. The average Bonchev–Trinajstić information content (AvgIpc) is 3.03. The molecule has 1 aliphatic rings. The maximum atomic E-state index is 5.83. The fourth-order valence-corrected chi connectivity index (χ4v) is 3.44. The van der Waals surface area contributed by atoms with Crippen LogP contribution in [0.3, 0.4) is 0 Å². The van der Waals surface area contributed by atoms with Crippen molar-refractivity contribution in [3.8, 4) is 22.1 Å². The molecule has 0 aliphatic carbocycles. The lowest BCUT2D eigenvalue weighted by atomic mass is 10.1. The van der Waals surface area contributed by atoms with Crippen LogP contribution in [0.5, 0.6) is 11.5 Å². The van der Waals surface area contributed by atoms with Gasteiger partial charge in [-0.25, -0.2) is 4.98 Å². The number of hydrogen-bond acceptors (Lipinski definition) is 4. The first kappa shape index (κ1) is 13.7. The summed E-state index contributed by atoms with van der Waals surface area (Å²) >= 11 is 7.41. The van der Waals surface area contributed by atoms with Gasteiger partial charge in [0.15, 0.2) is 0 Å². The predicted octanol–water partition coefficient (Wildman–Crippen LogP) is 4.27. The lowest BCUT2D eigenvalue weighted by molar-refractivity contribution is 0.254. The van der Waals surface area contributed by atoms with Crippen LogP contribution in [-0.2, 0) is 12.3 Å². The smallest absolute Gasteiger partial charge is 0.130 e. The number of fused-ring (bicyclic) bond motifs is 1. The quantitative estimate of drug-likeness (QED) is 0.790. The lowest BCUT2D eigenvalue weighted by Crippen LogP contribution is -2.05. The number of ether oxygens (including phenoxy) is 2. The van der Waals surface area contributed by atoms with Gasteiger partial charge < -0.3 is 9.47 Å². The van der Waals surface area contributed by atoms with Crippen molar-refractivity contribution in [2.75, 3.05) is 6.61 Å². The molecule has 106 valence electrons. The number of benzene rings is 1. The maximum Gasteiger partial charge on any atom is 0.130 e. The van der Waals surface area contributed by atoms with Gasteiger partial charge in [0, 0.05) is 17.4 Å². The Morgan fingerprint density at radius 3 is 3.05 bits per heavy atom. The number of nitrogens with zero attached hydrogens (tertiary/aromatic N) is 1. The van der Waals surface area contributed by atoms with Gasteiger partial charge in [-0.05, 0) is 26.0 Å². The second kappa shape index (κ2) is 5.62. The second-order valence-electron chi connectivity index (χ2n) is 4.80. The zero-order valence-corrected chi connectivity index (χ0v) is 13.1. The highest BCUT2D eigenvalue weighted by molar-refractivity contribution is 7.13. The van der Waals surface area contributed by atoms with Crippen LogP contribution in [0.2, 0.25) is 0 Å². The minimum Gasteiger partial charge on any atom is -0.493 e. The molecule has 20 heavy (non-hydrogen) atoms. The van der Waals surface area contributed by atoms with Crippen molar-refractivity contribution >= 4 is 22.9 Å². The Bertz CT molecular complexity index is 626. The summed E-state index contributed by atoms with van der Waals surface area (Å²) in [6.07, 6.45) is 1.16. The van der Waals surface area contributed by atoms with Gasteiger partial charge in [-0.1, -0.05) is 0 Å². The Balaban J connectivity index is 2.06. The minimum absolute atomic E-state index is 0.226. The summed E-state index contributed by atoms with van der Waals surface area (Å²) in [5, 5.41) is 2.91. The summed E-state index contributed by atoms with van der Waals surface area (Å²) in [4.78, 5) is 4.54. The number of hydrogen-bond donors (Lipinski definition) is 0. The predicted molar refractivity (Wildman–Crippen MR) is 82.1 cm³/mol. The van der Waals surface area contributed by atoms with E-state index < -0.39 is 0 Å². The molecule has 0 N–H and O–H groups in total. The highest BCUT2D eigenvalue weighted by atomic mass is 35.5. The molecule has 0 bridgehead atoms. The zero-order valence-electron chi connectivity index (χ0n) is 11.5. The molecular formula is C15H16ClNO2S. The van der Waals surface area contributed by atoms with E-state index >= 15 is 0 Å². The van der Waals surface area contributed by atoms with E-state index in [0.29, 0.717) is 12.5 Å². The Kier molecular flexibility index (Phi) is 3.85. The van der Waals surface area contributed by atoms with E-state index in [4.69, 9.17) is 21.1 Å². The maximum absolute atomic E-state index is 5.83. The first-order valence-electron chi connectivity index (χ1n) is 6.68. The van der Waals surface area contributed by atoms with Crippen LogP contribution >= 0.6 is 22.9 Å². The normalized spacial score (nSPS) is 16.9. The lowest BCUT2D eigenvalue weighted by Gasteiger charge is -2.10. The molecule has 2 heterocycles. The van der Waals surface area contributed by atoms with Crippen molar-refractivity contribution in [2.24, 2.45) is 0 Å². The molecule has 1 aromatic heterocycles. The molecule has 1 unspecified atom stereocenters. The number of halogens is 1. The third-order valence-corrected chi connectivity index (χ3v) is 4.42. The van der Waals surface area contributed by atoms with E-state index in [0.717, 1.165) is 34.2 Å². The van der Waals surface area contributed by atoms with E-state index in [9.17, 15) is 0 Å². The molecule has 0 radical (unpaired) electrons. The summed E-state index contributed by atoms with van der Waals surface area (Å²) in [7, 11) is 0. The largest absolute Gasteiger partial charge is 0.493 e. The summed E-state index contributed by atoms with van der Waals surface area (Å²) in [5.41, 5.74) is 3.09. The number of rotatable bonds is 4. The zero-order chi connectivity index (χ0) is 14.1. The van der Waals surface area contributed by atoms with Crippen molar-refractivity contribution in [3.63, 3.8) is 0 Å². The minimum atomic E-state index is 0.226. The molecular weight excluding hydrogens is 294 g/mol. The molecule has 5 heteroatoms. The summed E-state index contributed by atoms with van der Waals surface area (Å²) < 4.78 is 11.6. The number of aromatic nitrogens is 1. The summed E-state index contributed by atoms with van der Waals surface area (Å²) in [6, 6.07) is 4.13. The molecule has 0 saturated heterocycles. The number of alkyl halides is 1. The molecule has 0 spiro atoms. The average molecular weight is 310 g/mol. The molecule has 1 aliphatic heterocycles. The van der Waals surface area contributed by atoms with Gasteiger partial charge in [0.05, 0.1) is 23.7 Å². The van der Waals surface area contributed by atoms with E-state index in [-0.39, 0.29) is 6.10 Å². The Hall–Kier alpha value is -1.26. The molecule has 0 amide bonds. The molecule has 0 fully saturated rings. The van der Waals surface area contributed by atoms with E-state index in [2.05, 4.69) is 18.0 Å². The molecule has 1 aromatic carbocycles. The van der Waals surface area contributed by atoms with Crippen LogP contribution in [0.4, 0.5) is 0 Å². The monoisotopic (exact) mass is 309 g/mol. The van der Waals surface area contributed by atoms with Gasteiger partial charge >= 0.3 is 0 Å². The van der Waals surface area contributed by atoms with Crippen LogP contribution in [0.1, 0.15) is 25.1 Å². The standard InChI is InChI=1S/C15H16ClNO2S/c1-3-18-14-5-10-4-9(2)19-13(10)6-12(14)15-17-11(7-16)8-20-15/h5-6,8-9H,3-4,7H2,1-2H3.